The van der Waals surface area contributed by atoms with Crippen molar-refractivity contribution >= 4 is 40.0 Å². The SMILES string of the molecule is O=C(CCCNC(=O)c1ccc2ccccc2n1)Nc1ccc(Cl)cc1. The number of pyridine rings is 1. The van der Waals surface area contributed by atoms with Gasteiger partial charge in [-0.15, -0.1) is 0 Å². The van der Waals surface area contributed by atoms with E-state index in [1.54, 1.807) is 30.3 Å². The quantitative estimate of drug-likeness (QED) is 0.646. The van der Waals surface area contributed by atoms with Crippen molar-refractivity contribution in [1.82, 2.24) is 10.3 Å². The number of anilines is 1. The van der Waals surface area contributed by atoms with Gasteiger partial charge >= 0.3 is 0 Å². The number of hydrogen-bond donors (Lipinski definition) is 2. The summed E-state index contributed by atoms with van der Waals surface area (Å²) in [5.41, 5.74) is 1.85. The molecule has 3 rings (SSSR count). The molecule has 3 aromatic rings. The number of nitrogens with one attached hydrogen (secondary N) is 2. The first kappa shape index (κ1) is 17.9. The highest BCUT2D eigenvalue weighted by molar-refractivity contribution is 6.30. The minimum absolute atomic E-state index is 0.106. The molecule has 2 amide bonds. The Morgan fingerprint density at radius 1 is 0.962 bits per heavy atom. The zero-order valence-corrected chi connectivity index (χ0v) is 14.8. The number of para-hydroxylation sites is 1. The molecule has 0 aliphatic heterocycles. The molecule has 0 aliphatic rings. The van der Waals surface area contributed by atoms with Crippen molar-refractivity contribution in [1.29, 1.82) is 0 Å². The third kappa shape index (κ3) is 4.80. The molecule has 0 bridgehead atoms. The van der Waals surface area contributed by atoms with E-state index in [1.807, 2.05) is 30.3 Å². The smallest absolute Gasteiger partial charge is 0.269 e. The number of carbonyl (C=O) groups excluding carboxylic acids is 2. The fraction of sp³-hybridized carbons (Fsp3) is 0.150. The van der Waals surface area contributed by atoms with Gasteiger partial charge in [0.2, 0.25) is 5.91 Å². The van der Waals surface area contributed by atoms with Crippen LogP contribution in [0.5, 0.6) is 0 Å². The van der Waals surface area contributed by atoms with E-state index in [1.165, 1.54) is 0 Å². The van der Waals surface area contributed by atoms with Gasteiger partial charge in [-0.3, -0.25) is 9.59 Å². The van der Waals surface area contributed by atoms with Crippen molar-refractivity contribution in [2.45, 2.75) is 12.8 Å². The summed E-state index contributed by atoms with van der Waals surface area (Å²) in [6.07, 6.45) is 0.854. The zero-order chi connectivity index (χ0) is 18.4. The summed E-state index contributed by atoms with van der Waals surface area (Å²) >= 11 is 5.80. The standard InChI is InChI=1S/C20H18ClN3O2/c21-15-8-10-16(11-9-15)23-19(25)6-3-13-22-20(26)18-12-7-14-4-1-2-5-17(14)24-18/h1-2,4-5,7-12H,3,6,13H2,(H,22,26)(H,23,25). The van der Waals surface area contributed by atoms with Gasteiger partial charge in [-0.25, -0.2) is 4.98 Å². The van der Waals surface area contributed by atoms with Crippen LogP contribution in [0.15, 0.2) is 60.7 Å². The summed E-state index contributed by atoms with van der Waals surface area (Å²) in [5.74, 6) is -0.348. The van der Waals surface area contributed by atoms with Crippen molar-refractivity contribution in [3.05, 3.63) is 71.4 Å². The lowest BCUT2D eigenvalue weighted by Gasteiger charge is -2.07. The Hall–Kier alpha value is -2.92. The maximum Gasteiger partial charge on any atom is 0.269 e. The van der Waals surface area contributed by atoms with Gasteiger partial charge < -0.3 is 10.6 Å². The van der Waals surface area contributed by atoms with Crippen LogP contribution >= 0.6 is 11.6 Å². The predicted molar refractivity (Wildman–Crippen MR) is 103 cm³/mol. The Morgan fingerprint density at radius 3 is 2.54 bits per heavy atom. The van der Waals surface area contributed by atoms with Gasteiger partial charge in [0.25, 0.3) is 5.91 Å². The van der Waals surface area contributed by atoms with E-state index in [0.717, 1.165) is 10.9 Å². The number of nitrogens with zero attached hydrogens (tertiary/aromatic N) is 1. The highest BCUT2D eigenvalue weighted by Crippen LogP contribution is 2.14. The Kier molecular flexibility index (Phi) is 5.81. The van der Waals surface area contributed by atoms with Crippen molar-refractivity contribution < 1.29 is 9.59 Å². The minimum Gasteiger partial charge on any atom is -0.351 e. The average Bonchev–Trinajstić information content (AvgIpc) is 2.66. The molecule has 26 heavy (non-hydrogen) atoms. The first-order valence-corrected chi connectivity index (χ1v) is 8.69. The van der Waals surface area contributed by atoms with Gasteiger partial charge in [0.15, 0.2) is 0 Å². The van der Waals surface area contributed by atoms with Gasteiger partial charge in [-0.2, -0.15) is 0 Å². The van der Waals surface area contributed by atoms with E-state index >= 15 is 0 Å². The molecule has 0 spiro atoms. The lowest BCUT2D eigenvalue weighted by molar-refractivity contribution is -0.116. The number of hydrogen-bond acceptors (Lipinski definition) is 3. The van der Waals surface area contributed by atoms with E-state index < -0.39 is 0 Å². The number of amides is 2. The average molecular weight is 368 g/mol. The second-order valence-corrected chi connectivity index (χ2v) is 6.24. The molecule has 1 heterocycles. The van der Waals surface area contributed by atoms with Gasteiger partial charge in [0.05, 0.1) is 5.52 Å². The van der Waals surface area contributed by atoms with Crippen molar-refractivity contribution in [3.63, 3.8) is 0 Å². The molecule has 5 nitrogen and oxygen atoms in total. The summed E-state index contributed by atoms with van der Waals surface area (Å²) in [6.45, 7) is 0.404. The van der Waals surface area contributed by atoms with E-state index in [2.05, 4.69) is 15.6 Å². The van der Waals surface area contributed by atoms with Gasteiger partial charge in [-0.05, 0) is 42.8 Å². The van der Waals surface area contributed by atoms with Crippen LogP contribution < -0.4 is 10.6 Å². The lowest BCUT2D eigenvalue weighted by Crippen LogP contribution is -2.26. The Morgan fingerprint density at radius 2 is 1.73 bits per heavy atom. The molecule has 1 aromatic heterocycles. The van der Waals surface area contributed by atoms with E-state index in [-0.39, 0.29) is 11.8 Å². The Labute approximate surface area is 156 Å². The molecule has 0 atom stereocenters. The molecule has 0 radical (unpaired) electrons. The topological polar surface area (TPSA) is 71.1 Å². The van der Waals surface area contributed by atoms with E-state index in [0.29, 0.717) is 35.8 Å². The molecular formula is C20H18ClN3O2. The first-order chi connectivity index (χ1) is 12.6. The second-order valence-electron chi connectivity index (χ2n) is 5.80. The van der Waals surface area contributed by atoms with E-state index in [4.69, 9.17) is 11.6 Å². The fourth-order valence-corrected chi connectivity index (χ4v) is 2.62. The number of halogens is 1. The summed E-state index contributed by atoms with van der Waals surface area (Å²) in [4.78, 5) is 28.4. The normalized spacial score (nSPS) is 10.5. The summed E-state index contributed by atoms with van der Waals surface area (Å²) in [7, 11) is 0. The number of aromatic nitrogens is 1. The highest BCUT2D eigenvalue weighted by atomic mass is 35.5. The van der Waals surface area contributed by atoms with Crippen LogP contribution in [0, 0.1) is 0 Å². The molecule has 0 unspecified atom stereocenters. The summed E-state index contributed by atoms with van der Waals surface area (Å²) < 4.78 is 0. The first-order valence-electron chi connectivity index (χ1n) is 8.31. The maximum atomic E-state index is 12.2. The molecule has 6 heteroatoms. The molecular weight excluding hydrogens is 350 g/mol. The van der Waals surface area contributed by atoms with Crippen LogP contribution in [-0.4, -0.2) is 23.3 Å². The van der Waals surface area contributed by atoms with Crippen molar-refractivity contribution in [3.8, 4) is 0 Å². The van der Waals surface area contributed by atoms with E-state index in [9.17, 15) is 9.59 Å². The number of carbonyl (C=O) groups is 2. The van der Waals surface area contributed by atoms with Gasteiger partial charge in [0.1, 0.15) is 5.69 Å². The molecule has 132 valence electrons. The monoisotopic (exact) mass is 367 g/mol. The summed E-state index contributed by atoms with van der Waals surface area (Å²) in [6, 6.07) is 18.1. The highest BCUT2D eigenvalue weighted by Gasteiger charge is 2.08. The molecule has 2 aromatic carbocycles. The lowest BCUT2D eigenvalue weighted by atomic mass is 10.2. The summed E-state index contributed by atoms with van der Waals surface area (Å²) in [5, 5.41) is 7.19. The maximum absolute atomic E-state index is 12.2. The van der Waals surface area contributed by atoms with Crippen molar-refractivity contribution in [2.75, 3.05) is 11.9 Å². The predicted octanol–water partition coefficient (Wildman–Crippen LogP) is 4.04. The third-order valence-corrected chi connectivity index (χ3v) is 4.08. The second kappa shape index (κ2) is 8.45. The van der Waals surface area contributed by atoms with Gasteiger partial charge in [-0.1, -0.05) is 35.9 Å². The van der Waals surface area contributed by atoms with Crippen LogP contribution in [-0.2, 0) is 4.79 Å². The minimum atomic E-state index is -0.242. The Bertz CT molecular complexity index is 926. The fourth-order valence-electron chi connectivity index (χ4n) is 2.49. The van der Waals surface area contributed by atoms with Crippen LogP contribution in [0.1, 0.15) is 23.3 Å². The van der Waals surface area contributed by atoms with Crippen LogP contribution in [0.25, 0.3) is 10.9 Å². The number of rotatable bonds is 6. The number of benzene rings is 2. The van der Waals surface area contributed by atoms with Gasteiger partial charge in [0, 0.05) is 29.1 Å². The van der Waals surface area contributed by atoms with Crippen LogP contribution in [0.4, 0.5) is 5.69 Å². The largest absolute Gasteiger partial charge is 0.351 e. The number of fused-ring (bicyclic) bond motifs is 1. The van der Waals surface area contributed by atoms with Crippen LogP contribution in [0.2, 0.25) is 5.02 Å². The molecule has 0 fully saturated rings. The third-order valence-electron chi connectivity index (χ3n) is 3.83. The Balaban J connectivity index is 1.44. The molecule has 0 saturated carbocycles. The molecule has 0 saturated heterocycles. The molecule has 0 aliphatic carbocycles. The van der Waals surface area contributed by atoms with Crippen molar-refractivity contribution in [2.24, 2.45) is 0 Å². The molecule has 2 N–H and O–H groups in total. The van der Waals surface area contributed by atoms with Crippen LogP contribution in [0.3, 0.4) is 0 Å². The zero-order valence-electron chi connectivity index (χ0n) is 14.0.